The van der Waals surface area contributed by atoms with Gasteiger partial charge in [-0.15, -0.1) is 0 Å². The predicted molar refractivity (Wildman–Crippen MR) is 89.1 cm³/mol. The number of pyridine rings is 1. The molecule has 1 saturated heterocycles. The molecule has 26 heavy (non-hydrogen) atoms. The summed E-state index contributed by atoms with van der Waals surface area (Å²) in [6, 6.07) is 2.90. The maximum atomic E-state index is 13.7. The second kappa shape index (κ2) is 6.55. The normalized spacial score (nSPS) is 20.6. The highest BCUT2D eigenvalue weighted by atomic mass is 35.5. The molecule has 6 nitrogen and oxygen atoms in total. The number of nitrogens with two attached hydrogens (primary N) is 1. The van der Waals surface area contributed by atoms with E-state index >= 15 is 0 Å². The Morgan fingerprint density at radius 1 is 1.46 bits per heavy atom. The van der Waals surface area contributed by atoms with Gasteiger partial charge in [-0.2, -0.15) is 18.3 Å². The Bertz CT molecular complexity index is 838. The van der Waals surface area contributed by atoms with Crippen LogP contribution in [0.2, 0.25) is 5.02 Å². The Labute approximate surface area is 152 Å². The summed E-state index contributed by atoms with van der Waals surface area (Å²) in [6.45, 7) is 2.91. The van der Waals surface area contributed by atoms with Gasteiger partial charge in [0.25, 0.3) is 5.91 Å². The van der Waals surface area contributed by atoms with E-state index < -0.39 is 23.3 Å². The standard InChI is InChI=1S/C16H17ClF3N5O/c1-15(8-21)4-6-24(9-15)14(26)10-7-23-25(12(10)16(18,19)20)13-11(17)3-2-5-22-13/h2-3,5,7H,4,6,8-9,21H2,1H3. The van der Waals surface area contributed by atoms with Crippen molar-refractivity contribution in [2.75, 3.05) is 19.6 Å². The van der Waals surface area contributed by atoms with E-state index in [1.165, 1.54) is 23.2 Å². The van der Waals surface area contributed by atoms with Gasteiger partial charge in [0.1, 0.15) is 0 Å². The molecule has 0 aromatic carbocycles. The van der Waals surface area contributed by atoms with E-state index in [0.717, 1.165) is 6.20 Å². The minimum atomic E-state index is -4.81. The molecule has 2 aromatic heterocycles. The second-order valence-electron chi connectivity index (χ2n) is 6.62. The number of carbonyl (C=O) groups is 1. The third-order valence-corrected chi connectivity index (χ3v) is 4.84. The average Bonchev–Trinajstić information content (AvgIpc) is 3.19. The van der Waals surface area contributed by atoms with Gasteiger partial charge < -0.3 is 10.6 Å². The minimum absolute atomic E-state index is 0.00280. The fourth-order valence-electron chi connectivity index (χ4n) is 3.01. The third-order valence-electron chi connectivity index (χ3n) is 4.55. The zero-order valence-electron chi connectivity index (χ0n) is 13.9. The molecule has 2 N–H and O–H groups in total. The van der Waals surface area contributed by atoms with Gasteiger partial charge in [-0.3, -0.25) is 4.79 Å². The molecule has 1 fully saturated rings. The van der Waals surface area contributed by atoms with Gasteiger partial charge in [0.05, 0.1) is 16.8 Å². The van der Waals surface area contributed by atoms with Crippen LogP contribution in [0.1, 0.15) is 29.4 Å². The minimum Gasteiger partial charge on any atom is -0.338 e. The Morgan fingerprint density at radius 3 is 2.77 bits per heavy atom. The maximum absolute atomic E-state index is 13.7. The van der Waals surface area contributed by atoms with Crippen molar-refractivity contribution in [1.82, 2.24) is 19.7 Å². The summed E-state index contributed by atoms with van der Waals surface area (Å²) in [5, 5.41) is 3.74. The zero-order chi connectivity index (χ0) is 19.1. The number of hydrogen-bond acceptors (Lipinski definition) is 4. The molecule has 0 radical (unpaired) electrons. The van der Waals surface area contributed by atoms with E-state index in [9.17, 15) is 18.0 Å². The van der Waals surface area contributed by atoms with Crippen LogP contribution in [0.5, 0.6) is 0 Å². The number of amides is 1. The van der Waals surface area contributed by atoms with Crippen molar-refractivity contribution < 1.29 is 18.0 Å². The number of aromatic nitrogens is 3. The van der Waals surface area contributed by atoms with Crippen LogP contribution in [0.25, 0.3) is 5.82 Å². The van der Waals surface area contributed by atoms with Crippen LogP contribution in [0.4, 0.5) is 13.2 Å². The van der Waals surface area contributed by atoms with Crippen LogP contribution in [0, 0.1) is 5.41 Å². The second-order valence-corrected chi connectivity index (χ2v) is 7.02. The summed E-state index contributed by atoms with van der Waals surface area (Å²) in [5.41, 5.74) is 3.69. The molecule has 140 valence electrons. The molecule has 3 rings (SSSR count). The fourth-order valence-corrected chi connectivity index (χ4v) is 3.21. The lowest BCUT2D eigenvalue weighted by molar-refractivity contribution is -0.143. The number of likely N-dealkylation sites (tertiary alicyclic amines) is 1. The number of nitrogens with zero attached hydrogens (tertiary/aromatic N) is 4. The van der Waals surface area contributed by atoms with Gasteiger partial charge in [0.2, 0.25) is 0 Å². The van der Waals surface area contributed by atoms with E-state index in [1.54, 1.807) is 0 Å². The highest BCUT2D eigenvalue weighted by Gasteiger charge is 2.43. The largest absolute Gasteiger partial charge is 0.434 e. The van der Waals surface area contributed by atoms with Gasteiger partial charge in [-0.05, 0) is 30.5 Å². The average molecular weight is 388 g/mol. The number of hydrogen-bond donors (Lipinski definition) is 1. The van der Waals surface area contributed by atoms with Gasteiger partial charge in [-0.25, -0.2) is 9.67 Å². The van der Waals surface area contributed by atoms with Crippen molar-refractivity contribution in [2.45, 2.75) is 19.5 Å². The molecule has 1 amide bonds. The van der Waals surface area contributed by atoms with Crippen LogP contribution in [0.15, 0.2) is 24.5 Å². The van der Waals surface area contributed by atoms with Crippen molar-refractivity contribution >= 4 is 17.5 Å². The van der Waals surface area contributed by atoms with E-state index in [0.29, 0.717) is 30.7 Å². The van der Waals surface area contributed by atoms with Crippen LogP contribution in [-0.4, -0.2) is 45.2 Å². The van der Waals surface area contributed by atoms with Crippen molar-refractivity contribution in [3.63, 3.8) is 0 Å². The van der Waals surface area contributed by atoms with E-state index in [1.807, 2.05) is 6.92 Å². The smallest absolute Gasteiger partial charge is 0.338 e. The summed E-state index contributed by atoms with van der Waals surface area (Å²) in [5.74, 6) is -0.915. The Kier molecular flexibility index (Phi) is 4.70. The van der Waals surface area contributed by atoms with E-state index in [2.05, 4.69) is 10.1 Å². The molecule has 2 aromatic rings. The van der Waals surface area contributed by atoms with Crippen LogP contribution < -0.4 is 5.73 Å². The van der Waals surface area contributed by atoms with Crippen LogP contribution >= 0.6 is 11.6 Å². The van der Waals surface area contributed by atoms with Crippen LogP contribution in [-0.2, 0) is 6.18 Å². The van der Waals surface area contributed by atoms with Gasteiger partial charge in [0.15, 0.2) is 11.5 Å². The number of alkyl halides is 3. The predicted octanol–water partition coefficient (Wildman–Crippen LogP) is 2.75. The van der Waals surface area contributed by atoms with Gasteiger partial charge >= 0.3 is 6.18 Å². The number of halogens is 4. The Hall–Kier alpha value is -2.13. The topological polar surface area (TPSA) is 77.0 Å². The monoisotopic (exact) mass is 387 g/mol. The molecule has 10 heteroatoms. The molecule has 1 aliphatic rings. The van der Waals surface area contributed by atoms with Gasteiger partial charge in [0, 0.05) is 19.3 Å². The van der Waals surface area contributed by atoms with Crippen molar-refractivity contribution in [1.29, 1.82) is 0 Å². The lowest BCUT2D eigenvalue weighted by Gasteiger charge is -2.22. The summed E-state index contributed by atoms with van der Waals surface area (Å²) in [4.78, 5) is 18.0. The molecular weight excluding hydrogens is 371 g/mol. The van der Waals surface area contributed by atoms with Crippen molar-refractivity contribution in [3.8, 4) is 5.82 Å². The van der Waals surface area contributed by atoms with Crippen molar-refractivity contribution in [3.05, 3.63) is 40.8 Å². The van der Waals surface area contributed by atoms with Crippen molar-refractivity contribution in [2.24, 2.45) is 11.1 Å². The highest BCUT2D eigenvalue weighted by Crippen LogP contribution is 2.36. The third kappa shape index (κ3) is 3.28. The molecule has 0 bridgehead atoms. The molecule has 0 aliphatic carbocycles. The molecule has 0 spiro atoms. The molecule has 0 saturated carbocycles. The molecule has 1 atom stereocenters. The summed E-state index contributed by atoms with van der Waals surface area (Å²) in [7, 11) is 0. The lowest BCUT2D eigenvalue weighted by Crippen LogP contribution is -2.35. The number of rotatable bonds is 3. The lowest BCUT2D eigenvalue weighted by atomic mass is 9.90. The summed E-state index contributed by atoms with van der Waals surface area (Å²) < 4.78 is 41.7. The quantitative estimate of drug-likeness (QED) is 0.878. The summed E-state index contributed by atoms with van der Waals surface area (Å²) >= 11 is 5.95. The first-order valence-corrected chi connectivity index (χ1v) is 8.29. The Balaban J connectivity index is 2.04. The fraction of sp³-hybridized carbons (Fsp3) is 0.438. The highest BCUT2D eigenvalue weighted by molar-refractivity contribution is 6.32. The first-order valence-electron chi connectivity index (χ1n) is 7.92. The molecule has 1 unspecified atom stereocenters. The molecule has 1 aliphatic heterocycles. The Morgan fingerprint density at radius 2 is 2.19 bits per heavy atom. The SMILES string of the molecule is CC1(CN)CCN(C(=O)c2cnn(-c3ncccc3Cl)c2C(F)(F)F)C1. The summed E-state index contributed by atoms with van der Waals surface area (Å²) in [6.07, 6.45) is -1.96. The van der Waals surface area contributed by atoms with Crippen LogP contribution in [0.3, 0.4) is 0 Å². The molecular formula is C16H17ClF3N5O. The van der Waals surface area contributed by atoms with E-state index in [-0.39, 0.29) is 16.3 Å². The van der Waals surface area contributed by atoms with Gasteiger partial charge in [-0.1, -0.05) is 18.5 Å². The number of carbonyl (C=O) groups excluding carboxylic acids is 1. The molecule has 3 heterocycles. The van der Waals surface area contributed by atoms with E-state index in [4.69, 9.17) is 17.3 Å². The first-order chi connectivity index (χ1) is 12.2. The maximum Gasteiger partial charge on any atom is 0.434 e. The first kappa shape index (κ1) is 18.7. The zero-order valence-corrected chi connectivity index (χ0v) is 14.7.